The van der Waals surface area contributed by atoms with Crippen molar-refractivity contribution in [1.82, 2.24) is 0 Å². The maximum absolute atomic E-state index is 14.5. The lowest BCUT2D eigenvalue weighted by Crippen LogP contribution is -2.18. The van der Waals surface area contributed by atoms with Gasteiger partial charge in [0.05, 0.1) is 12.7 Å². The van der Waals surface area contributed by atoms with Crippen LogP contribution in [0.4, 0.5) is 5.69 Å². The third kappa shape index (κ3) is 5.66. The van der Waals surface area contributed by atoms with Crippen LogP contribution in [0.2, 0.25) is 0 Å². The molecule has 1 atom stereocenters. The highest BCUT2D eigenvalue weighted by molar-refractivity contribution is 7.55. The highest BCUT2D eigenvalue weighted by atomic mass is 31.2. The third-order valence-electron chi connectivity index (χ3n) is 4.99. The van der Waals surface area contributed by atoms with Gasteiger partial charge in [0.2, 0.25) is 0 Å². The van der Waals surface area contributed by atoms with Crippen LogP contribution in [0.5, 0.6) is 11.5 Å². The second-order valence-electron chi connectivity index (χ2n) is 7.38. The smallest absolute Gasteiger partial charge is 0.457 e. The van der Waals surface area contributed by atoms with Crippen molar-refractivity contribution in [3.63, 3.8) is 0 Å². The molecule has 0 aliphatic carbocycles. The van der Waals surface area contributed by atoms with Crippen molar-refractivity contribution in [2.75, 3.05) is 12.4 Å². The molecule has 0 unspecified atom stereocenters. The lowest BCUT2D eigenvalue weighted by molar-refractivity contribution is 0.0600. The fourth-order valence-corrected chi connectivity index (χ4v) is 5.26. The molecule has 0 saturated heterocycles. The van der Waals surface area contributed by atoms with Crippen molar-refractivity contribution in [2.45, 2.75) is 5.78 Å². The number of hydrogen-bond acceptors (Lipinski definition) is 6. The number of hydrogen-bond donors (Lipinski definition) is 1. The fraction of sp³-hybridized carbons (Fsp3) is 0.0741. The molecule has 0 spiro atoms. The number of anilines is 1. The monoisotopic (exact) mass is 473 g/mol. The molecule has 4 aromatic rings. The fourth-order valence-electron chi connectivity index (χ4n) is 3.34. The van der Waals surface area contributed by atoms with Crippen molar-refractivity contribution in [3.8, 4) is 11.5 Å². The number of rotatable bonds is 9. The molecule has 6 nitrogen and oxygen atoms in total. The summed E-state index contributed by atoms with van der Waals surface area (Å²) >= 11 is 0. The molecular formula is C27H24NO5P. The van der Waals surface area contributed by atoms with E-state index in [4.69, 9.17) is 13.8 Å². The van der Waals surface area contributed by atoms with Gasteiger partial charge < -0.3 is 19.1 Å². The second kappa shape index (κ2) is 10.7. The summed E-state index contributed by atoms with van der Waals surface area (Å²) in [5.74, 6) is -0.439. The minimum atomic E-state index is -3.90. The second-order valence-corrected chi connectivity index (χ2v) is 9.34. The Morgan fingerprint density at radius 2 is 1.18 bits per heavy atom. The first kappa shape index (κ1) is 23.1. The van der Waals surface area contributed by atoms with Gasteiger partial charge in [0, 0.05) is 5.69 Å². The van der Waals surface area contributed by atoms with E-state index in [-0.39, 0.29) is 0 Å². The first-order valence-electron chi connectivity index (χ1n) is 10.7. The SMILES string of the molecule is COC(=O)c1ccc(N[C@@H](c2ccccc2)P(=O)(Oc2ccccc2)Oc2ccccc2)cc1. The molecule has 4 rings (SSSR count). The van der Waals surface area contributed by atoms with Crippen LogP contribution < -0.4 is 14.4 Å². The standard InChI is InChI=1S/C27H24NO5P/c1-31-27(29)22-17-19-23(20-18-22)28-26(21-11-5-2-6-12-21)34(30,32-24-13-7-3-8-14-24)33-25-15-9-4-10-16-25/h2-20,26,28H,1H3/t26-/m1/s1. The van der Waals surface area contributed by atoms with Gasteiger partial charge in [0.25, 0.3) is 0 Å². The molecule has 0 bridgehead atoms. The summed E-state index contributed by atoms with van der Waals surface area (Å²) in [6, 6.07) is 33.9. The Balaban J connectivity index is 1.75. The van der Waals surface area contributed by atoms with Crippen LogP contribution in [-0.2, 0) is 9.30 Å². The first-order valence-corrected chi connectivity index (χ1v) is 12.3. The Morgan fingerprint density at radius 1 is 0.706 bits per heavy atom. The number of ether oxygens (including phenoxy) is 1. The van der Waals surface area contributed by atoms with Crippen molar-refractivity contribution >= 4 is 19.3 Å². The minimum absolute atomic E-state index is 0.411. The maximum Gasteiger partial charge on any atom is 0.457 e. The van der Waals surface area contributed by atoms with Crippen LogP contribution >= 0.6 is 7.60 Å². The van der Waals surface area contributed by atoms with Crippen LogP contribution in [0, 0.1) is 0 Å². The van der Waals surface area contributed by atoms with Gasteiger partial charge in [0.1, 0.15) is 11.5 Å². The van der Waals surface area contributed by atoms with Crippen LogP contribution in [-0.4, -0.2) is 13.1 Å². The third-order valence-corrected chi connectivity index (χ3v) is 6.98. The van der Waals surface area contributed by atoms with Crippen molar-refractivity contribution in [2.24, 2.45) is 0 Å². The zero-order chi connectivity index (χ0) is 23.8. The molecule has 0 fully saturated rings. The highest BCUT2D eigenvalue weighted by Crippen LogP contribution is 2.60. The minimum Gasteiger partial charge on any atom is -0.465 e. The van der Waals surface area contributed by atoms with E-state index in [1.54, 1.807) is 72.8 Å². The Bertz CT molecular complexity index is 1200. The predicted octanol–water partition coefficient (Wildman–Crippen LogP) is 6.94. The zero-order valence-corrected chi connectivity index (χ0v) is 19.4. The largest absolute Gasteiger partial charge is 0.465 e. The van der Waals surface area contributed by atoms with Gasteiger partial charge in [0.15, 0.2) is 5.78 Å². The van der Waals surface area contributed by atoms with Gasteiger partial charge in [-0.1, -0.05) is 66.7 Å². The van der Waals surface area contributed by atoms with E-state index in [1.165, 1.54) is 7.11 Å². The van der Waals surface area contributed by atoms with E-state index in [0.717, 1.165) is 5.56 Å². The number of nitrogens with one attached hydrogen (secondary N) is 1. The molecule has 172 valence electrons. The molecule has 0 radical (unpaired) electrons. The molecule has 0 aliphatic heterocycles. The quantitative estimate of drug-likeness (QED) is 0.210. The molecule has 1 N–H and O–H groups in total. The van der Waals surface area contributed by atoms with Crippen LogP contribution in [0.25, 0.3) is 0 Å². The average Bonchev–Trinajstić information content (AvgIpc) is 2.88. The van der Waals surface area contributed by atoms with Crippen LogP contribution in [0.1, 0.15) is 21.7 Å². The lowest BCUT2D eigenvalue weighted by Gasteiger charge is -2.29. The van der Waals surface area contributed by atoms with E-state index in [9.17, 15) is 9.36 Å². The van der Waals surface area contributed by atoms with E-state index >= 15 is 0 Å². The van der Waals surface area contributed by atoms with Gasteiger partial charge in [-0.25, -0.2) is 9.36 Å². The average molecular weight is 473 g/mol. The number of esters is 1. The summed E-state index contributed by atoms with van der Waals surface area (Å²) in [4.78, 5) is 11.8. The maximum atomic E-state index is 14.5. The van der Waals surface area contributed by atoms with Gasteiger partial charge >= 0.3 is 13.6 Å². The molecule has 0 amide bonds. The summed E-state index contributed by atoms with van der Waals surface area (Å²) in [5, 5.41) is 3.30. The normalized spacial score (nSPS) is 11.8. The predicted molar refractivity (Wildman–Crippen MR) is 132 cm³/mol. The van der Waals surface area contributed by atoms with E-state index in [1.807, 2.05) is 42.5 Å². The molecular weight excluding hydrogens is 449 g/mol. The Labute approximate surface area is 198 Å². The molecule has 4 aromatic carbocycles. The molecule has 34 heavy (non-hydrogen) atoms. The number of methoxy groups -OCH3 is 1. The van der Waals surface area contributed by atoms with Crippen molar-refractivity contribution in [1.29, 1.82) is 0 Å². The summed E-state index contributed by atoms with van der Waals surface area (Å²) < 4.78 is 31.4. The summed E-state index contributed by atoms with van der Waals surface area (Å²) in [6.07, 6.45) is 0. The molecule has 7 heteroatoms. The molecule has 0 aromatic heterocycles. The van der Waals surface area contributed by atoms with E-state index < -0.39 is 19.3 Å². The van der Waals surface area contributed by atoms with Crippen LogP contribution in [0.15, 0.2) is 115 Å². The number of carbonyl (C=O) groups is 1. The van der Waals surface area contributed by atoms with Gasteiger partial charge in [-0.05, 0) is 54.1 Å². The highest BCUT2D eigenvalue weighted by Gasteiger charge is 2.41. The molecule has 0 saturated carbocycles. The van der Waals surface area contributed by atoms with Crippen molar-refractivity contribution in [3.05, 3.63) is 126 Å². The van der Waals surface area contributed by atoms with Crippen molar-refractivity contribution < 1.29 is 23.1 Å². The Hall–Kier alpha value is -4.02. The molecule has 0 aliphatic rings. The first-order chi connectivity index (χ1) is 16.6. The van der Waals surface area contributed by atoms with Gasteiger partial charge in [-0.2, -0.15) is 0 Å². The lowest BCUT2D eigenvalue weighted by atomic mass is 10.2. The Kier molecular flexibility index (Phi) is 7.31. The zero-order valence-electron chi connectivity index (χ0n) is 18.5. The summed E-state index contributed by atoms with van der Waals surface area (Å²) in [6.45, 7) is 0. The number of benzene rings is 4. The summed E-state index contributed by atoms with van der Waals surface area (Å²) in [5.41, 5.74) is 1.76. The van der Waals surface area contributed by atoms with Gasteiger partial charge in [-0.15, -0.1) is 0 Å². The molecule has 0 heterocycles. The number of para-hydroxylation sites is 2. The Morgan fingerprint density at radius 3 is 1.65 bits per heavy atom. The van der Waals surface area contributed by atoms with Gasteiger partial charge in [-0.3, -0.25) is 0 Å². The van der Waals surface area contributed by atoms with E-state index in [2.05, 4.69) is 5.32 Å². The number of carbonyl (C=O) groups excluding carboxylic acids is 1. The van der Waals surface area contributed by atoms with Crippen LogP contribution in [0.3, 0.4) is 0 Å². The van der Waals surface area contributed by atoms with E-state index in [0.29, 0.717) is 22.7 Å². The topological polar surface area (TPSA) is 73.9 Å². The summed E-state index contributed by atoms with van der Waals surface area (Å²) in [7, 11) is -2.57.